The molecule has 22 heavy (non-hydrogen) atoms. The lowest BCUT2D eigenvalue weighted by Crippen LogP contribution is -2.19. The number of esters is 1. The molecule has 2 aromatic rings. The van der Waals surface area contributed by atoms with E-state index in [9.17, 15) is 14.0 Å². The molecular formula is C15H12BrFN2O3. The minimum absolute atomic E-state index is 0.189. The molecule has 0 aliphatic rings. The number of amides is 2. The maximum absolute atomic E-state index is 13.6. The van der Waals surface area contributed by atoms with E-state index in [1.807, 2.05) is 0 Å². The topological polar surface area (TPSA) is 81.4 Å². The van der Waals surface area contributed by atoms with Gasteiger partial charge in [0.2, 0.25) is 0 Å². The van der Waals surface area contributed by atoms with Crippen LogP contribution in [0.1, 0.15) is 15.9 Å². The molecule has 0 bridgehead atoms. The molecule has 2 rings (SSSR count). The van der Waals surface area contributed by atoms with Crippen molar-refractivity contribution in [2.75, 3.05) is 5.32 Å². The number of primary amides is 1. The Kier molecular flexibility index (Phi) is 5.11. The van der Waals surface area contributed by atoms with E-state index in [1.54, 1.807) is 18.2 Å². The Morgan fingerprint density at radius 3 is 2.68 bits per heavy atom. The zero-order valence-electron chi connectivity index (χ0n) is 11.3. The molecule has 0 saturated carbocycles. The van der Waals surface area contributed by atoms with Crippen LogP contribution in [0.25, 0.3) is 0 Å². The Hall–Kier alpha value is -2.41. The lowest BCUT2D eigenvalue weighted by atomic mass is 10.2. The number of hydrogen-bond acceptors (Lipinski definition) is 3. The SMILES string of the molecule is NC(=O)Nc1cccc(C(=O)OCc2ccc(Br)cc2F)c1. The summed E-state index contributed by atoms with van der Waals surface area (Å²) in [6.45, 7) is -0.189. The maximum Gasteiger partial charge on any atom is 0.338 e. The minimum Gasteiger partial charge on any atom is -0.457 e. The van der Waals surface area contributed by atoms with E-state index in [-0.39, 0.29) is 17.7 Å². The zero-order valence-corrected chi connectivity index (χ0v) is 12.9. The number of halogens is 2. The molecule has 2 aromatic carbocycles. The number of nitrogens with one attached hydrogen (secondary N) is 1. The second-order valence-corrected chi connectivity index (χ2v) is 5.30. The van der Waals surface area contributed by atoms with Crippen LogP contribution in [0.15, 0.2) is 46.9 Å². The molecule has 0 atom stereocenters. The van der Waals surface area contributed by atoms with E-state index >= 15 is 0 Å². The fourth-order valence-corrected chi connectivity index (χ4v) is 2.06. The molecule has 0 fully saturated rings. The number of ether oxygens (including phenoxy) is 1. The van der Waals surface area contributed by atoms with Gasteiger partial charge in [-0.1, -0.05) is 28.1 Å². The number of carbonyl (C=O) groups excluding carboxylic acids is 2. The molecule has 7 heteroatoms. The molecule has 0 aliphatic heterocycles. The van der Waals surface area contributed by atoms with Gasteiger partial charge in [0.25, 0.3) is 0 Å². The van der Waals surface area contributed by atoms with Crippen LogP contribution in [0.5, 0.6) is 0 Å². The molecular weight excluding hydrogens is 355 g/mol. The number of rotatable bonds is 4. The van der Waals surface area contributed by atoms with Gasteiger partial charge in [-0.2, -0.15) is 0 Å². The summed E-state index contributed by atoms with van der Waals surface area (Å²) in [5.74, 6) is -1.10. The van der Waals surface area contributed by atoms with Crippen LogP contribution in [0.4, 0.5) is 14.9 Å². The molecule has 3 N–H and O–H groups in total. The van der Waals surface area contributed by atoms with E-state index in [0.29, 0.717) is 10.2 Å². The van der Waals surface area contributed by atoms with E-state index in [0.717, 1.165) is 0 Å². The Labute approximate surface area is 134 Å². The molecule has 5 nitrogen and oxygen atoms in total. The van der Waals surface area contributed by atoms with Gasteiger partial charge in [-0.15, -0.1) is 0 Å². The van der Waals surface area contributed by atoms with Gasteiger partial charge in [0.15, 0.2) is 0 Å². The standard InChI is InChI=1S/C15H12BrFN2O3/c16-11-5-4-10(13(17)7-11)8-22-14(20)9-2-1-3-12(6-9)19-15(18)21/h1-7H,8H2,(H3,18,19,21). The smallest absolute Gasteiger partial charge is 0.338 e. The maximum atomic E-state index is 13.6. The van der Waals surface area contributed by atoms with Crippen molar-refractivity contribution < 1.29 is 18.7 Å². The average molecular weight is 367 g/mol. The fraction of sp³-hybridized carbons (Fsp3) is 0.0667. The summed E-state index contributed by atoms with van der Waals surface area (Å²) < 4.78 is 19.3. The lowest BCUT2D eigenvalue weighted by molar-refractivity contribution is 0.0469. The van der Waals surface area contributed by atoms with Crippen molar-refractivity contribution >= 4 is 33.6 Å². The third kappa shape index (κ3) is 4.29. The molecule has 0 heterocycles. The van der Waals surface area contributed by atoms with Crippen molar-refractivity contribution in [1.82, 2.24) is 0 Å². The highest BCUT2D eigenvalue weighted by molar-refractivity contribution is 9.10. The van der Waals surface area contributed by atoms with Crippen LogP contribution < -0.4 is 11.1 Å². The number of carbonyl (C=O) groups is 2. The normalized spacial score (nSPS) is 10.1. The average Bonchev–Trinajstić information content (AvgIpc) is 2.45. The van der Waals surface area contributed by atoms with Crippen molar-refractivity contribution in [2.45, 2.75) is 6.61 Å². The van der Waals surface area contributed by atoms with Crippen molar-refractivity contribution in [3.8, 4) is 0 Å². The summed E-state index contributed by atoms with van der Waals surface area (Å²) in [6.07, 6.45) is 0. The predicted octanol–water partition coefficient (Wildman–Crippen LogP) is 3.44. The second-order valence-electron chi connectivity index (χ2n) is 4.38. The van der Waals surface area contributed by atoms with Crippen molar-refractivity contribution in [2.24, 2.45) is 5.73 Å². The first-order valence-electron chi connectivity index (χ1n) is 6.23. The molecule has 2 amide bonds. The summed E-state index contributed by atoms with van der Waals surface area (Å²) >= 11 is 3.15. The first-order valence-corrected chi connectivity index (χ1v) is 7.02. The first kappa shape index (κ1) is 16.0. The predicted molar refractivity (Wildman–Crippen MR) is 82.9 cm³/mol. The number of nitrogens with two attached hydrogens (primary N) is 1. The summed E-state index contributed by atoms with van der Waals surface area (Å²) in [4.78, 5) is 22.7. The monoisotopic (exact) mass is 366 g/mol. The number of benzene rings is 2. The molecule has 0 aromatic heterocycles. The Morgan fingerprint density at radius 1 is 1.23 bits per heavy atom. The van der Waals surface area contributed by atoms with Crippen LogP contribution in [-0.4, -0.2) is 12.0 Å². The molecule has 114 valence electrons. The number of hydrogen-bond donors (Lipinski definition) is 2. The summed E-state index contributed by atoms with van der Waals surface area (Å²) in [6, 6.07) is 9.83. The molecule has 0 spiro atoms. The van der Waals surface area contributed by atoms with Gasteiger partial charge in [0, 0.05) is 15.7 Å². The molecule has 0 saturated heterocycles. The van der Waals surface area contributed by atoms with Gasteiger partial charge in [0.05, 0.1) is 5.56 Å². The second kappa shape index (κ2) is 7.04. The van der Waals surface area contributed by atoms with E-state index in [2.05, 4.69) is 21.2 Å². The number of urea groups is 1. The molecule has 0 unspecified atom stereocenters. The van der Waals surface area contributed by atoms with Crippen molar-refractivity contribution in [3.63, 3.8) is 0 Å². The molecule has 0 radical (unpaired) electrons. The largest absolute Gasteiger partial charge is 0.457 e. The number of anilines is 1. The van der Waals surface area contributed by atoms with Crippen molar-refractivity contribution in [3.05, 3.63) is 63.9 Å². The van der Waals surface area contributed by atoms with E-state index < -0.39 is 17.8 Å². The van der Waals surface area contributed by atoms with Gasteiger partial charge >= 0.3 is 12.0 Å². The minimum atomic E-state index is -0.734. The van der Waals surface area contributed by atoms with Gasteiger partial charge in [-0.25, -0.2) is 14.0 Å². The van der Waals surface area contributed by atoms with Gasteiger partial charge in [-0.3, -0.25) is 0 Å². The summed E-state index contributed by atoms with van der Waals surface area (Å²) in [7, 11) is 0. The quantitative estimate of drug-likeness (QED) is 0.813. The van der Waals surface area contributed by atoms with Crippen LogP contribution >= 0.6 is 15.9 Å². The highest BCUT2D eigenvalue weighted by atomic mass is 79.9. The van der Waals surface area contributed by atoms with Crippen molar-refractivity contribution in [1.29, 1.82) is 0 Å². The van der Waals surface area contributed by atoms with Crippen LogP contribution in [0.3, 0.4) is 0 Å². The van der Waals surface area contributed by atoms with Gasteiger partial charge in [0.1, 0.15) is 12.4 Å². The van der Waals surface area contributed by atoms with Crippen LogP contribution in [0.2, 0.25) is 0 Å². The summed E-state index contributed by atoms with van der Waals surface area (Å²) in [5, 5.41) is 2.36. The molecule has 0 aliphatic carbocycles. The Morgan fingerprint density at radius 2 is 2.00 bits per heavy atom. The van der Waals surface area contributed by atoms with E-state index in [1.165, 1.54) is 24.3 Å². The van der Waals surface area contributed by atoms with Gasteiger partial charge < -0.3 is 15.8 Å². The van der Waals surface area contributed by atoms with E-state index in [4.69, 9.17) is 10.5 Å². The Bertz CT molecular complexity index is 722. The fourth-order valence-electron chi connectivity index (χ4n) is 1.73. The van der Waals surface area contributed by atoms with Crippen LogP contribution in [0, 0.1) is 5.82 Å². The third-order valence-electron chi connectivity index (χ3n) is 2.74. The zero-order chi connectivity index (χ0) is 16.1. The Balaban J connectivity index is 2.04. The van der Waals surface area contributed by atoms with Crippen LogP contribution in [-0.2, 0) is 11.3 Å². The lowest BCUT2D eigenvalue weighted by Gasteiger charge is -2.08. The first-order chi connectivity index (χ1) is 10.5. The highest BCUT2D eigenvalue weighted by Gasteiger charge is 2.10. The summed E-state index contributed by atoms with van der Waals surface area (Å²) in [5.41, 5.74) is 5.87. The highest BCUT2D eigenvalue weighted by Crippen LogP contribution is 2.17. The third-order valence-corrected chi connectivity index (χ3v) is 3.23. The van der Waals surface area contributed by atoms with Gasteiger partial charge in [-0.05, 0) is 30.3 Å².